The van der Waals surface area contributed by atoms with Crippen LogP contribution >= 0.6 is 0 Å². The van der Waals surface area contributed by atoms with Gasteiger partial charge in [0.05, 0.1) is 0 Å². The zero-order valence-corrected chi connectivity index (χ0v) is 10.5. The van der Waals surface area contributed by atoms with Gasteiger partial charge < -0.3 is 10.6 Å². The Kier molecular flexibility index (Phi) is 3.08. The molecular formula is C14H22N2. The number of anilines is 2. The minimum Gasteiger partial charge on any atom is -0.399 e. The lowest BCUT2D eigenvalue weighted by atomic mass is 9.91. The molecule has 1 heterocycles. The highest BCUT2D eigenvalue weighted by atomic mass is 15.1. The number of nitrogens with two attached hydrogens (primary N) is 1. The van der Waals surface area contributed by atoms with Crippen molar-refractivity contribution in [3.8, 4) is 0 Å². The predicted octanol–water partition coefficient (Wildman–Crippen LogP) is 3.06. The van der Waals surface area contributed by atoms with Crippen LogP contribution in [-0.2, 0) is 0 Å². The number of nitrogen functional groups attached to an aromatic ring is 1. The number of piperidine rings is 1. The molecule has 1 aromatic rings. The van der Waals surface area contributed by atoms with Crippen LogP contribution in [0, 0.1) is 18.8 Å². The van der Waals surface area contributed by atoms with Crippen LogP contribution in [-0.4, -0.2) is 13.1 Å². The summed E-state index contributed by atoms with van der Waals surface area (Å²) in [5.74, 6) is 1.58. The van der Waals surface area contributed by atoms with Gasteiger partial charge in [-0.2, -0.15) is 0 Å². The number of aryl methyl sites for hydroxylation is 1. The third-order valence-electron chi connectivity index (χ3n) is 3.43. The Morgan fingerprint density at radius 1 is 1.19 bits per heavy atom. The molecule has 0 amide bonds. The fourth-order valence-electron chi connectivity index (χ4n) is 2.89. The molecule has 0 aliphatic carbocycles. The highest BCUT2D eigenvalue weighted by molar-refractivity contribution is 5.59. The van der Waals surface area contributed by atoms with Crippen molar-refractivity contribution in [3.05, 3.63) is 23.8 Å². The molecule has 2 heteroatoms. The number of benzene rings is 1. The second kappa shape index (κ2) is 4.36. The molecule has 2 N–H and O–H groups in total. The molecule has 1 aliphatic heterocycles. The molecule has 0 unspecified atom stereocenters. The maximum Gasteiger partial charge on any atom is 0.0397 e. The third-order valence-corrected chi connectivity index (χ3v) is 3.43. The van der Waals surface area contributed by atoms with Crippen molar-refractivity contribution in [1.29, 1.82) is 0 Å². The Morgan fingerprint density at radius 3 is 2.38 bits per heavy atom. The summed E-state index contributed by atoms with van der Waals surface area (Å²) in [5.41, 5.74) is 9.30. The summed E-state index contributed by atoms with van der Waals surface area (Å²) in [5, 5.41) is 0. The summed E-state index contributed by atoms with van der Waals surface area (Å²) >= 11 is 0. The number of rotatable bonds is 1. The Labute approximate surface area is 98.4 Å². The quantitative estimate of drug-likeness (QED) is 0.734. The van der Waals surface area contributed by atoms with Gasteiger partial charge in [-0.25, -0.2) is 0 Å². The van der Waals surface area contributed by atoms with Crippen LogP contribution in [0.4, 0.5) is 11.4 Å². The van der Waals surface area contributed by atoms with Crippen molar-refractivity contribution >= 4 is 11.4 Å². The minimum atomic E-state index is 0.792. The second-order valence-corrected chi connectivity index (χ2v) is 5.40. The number of hydrogen-bond acceptors (Lipinski definition) is 2. The molecule has 1 aliphatic rings. The summed E-state index contributed by atoms with van der Waals surface area (Å²) in [6.45, 7) is 9.18. The normalized spacial score (nSPS) is 25.8. The smallest absolute Gasteiger partial charge is 0.0397 e. The summed E-state index contributed by atoms with van der Waals surface area (Å²) in [4.78, 5) is 2.51. The lowest BCUT2D eigenvalue weighted by Gasteiger charge is -2.37. The van der Waals surface area contributed by atoms with Crippen LogP contribution in [0.5, 0.6) is 0 Å². The van der Waals surface area contributed by atoms with E-state index in [2.05, 4.69) is 37.8 Å². The Hall–Kier alpha value is -1.18. The van der Waals surface area contributed by atoms with Crippen molar-refractivity contribution in [2.75, 3.05) is 23.7 Å². The van der Waals surface area contributed by atoms with Gasteiger partial charge >= 0.3 is 0 Å². The summed E-state index contributed by atoms with van der Waals surface area (Å²) < 4.78 is 0. The van der Waals surface area contributed by atoms with Gasteiger partial charge in [-0.05, 0) is 48.9 Å². The van der Waals surface area contributed by atoms with Crippen LogP contribution < -0.4 is 10.6 Å². The molecule has 16 heavy (non-hydrogen) atoms. The van der Waals surface area contributed by atoms with Gasteiger partial charge in [-0.15, -0.1) is 0 Å². The molecule has 0 spiro atoms. The lowest BCUT2D eigenvalue weighted by molar-refractivity contribution is 0.356. The summed E-state index contributed by atoms with van der Waals surface area (Å²) in [7, 11) is 0. The standard InChI is InChI=1S/C14H22N2/c1-10-6-11(2)9-16(8-10)14-5-4-13(15)7-12(14)3/h4-5,7,10-11H,6,8-9,15H2,1-3H3/t10-,11-/m1/s1. The Balaban J connectivity index is 2.23. The predicted molar refractivity (Wildman–Crippen MR) is 70.7 cm³/mol. The van der Waals surface area contributed by atoms with Gasteiger partial charge in [-0.1, -0.05) is 13.8 Å². The Morgan fingerprint density at radius 2 is 1.81 bits per heavy atom. The van der Waals surface area contributed by atoms with E-state index in [1.807, 2.05) is 6.07 Å². The molecule has 1 fully saturated rings. The fourth-order valence-corrected chi connectivity index (χ4v) is 2.89. The summed E-state index contributed by atoms with van der Waals surface area (Å²) in [6.07, 6.45) is 1.35. The first-order valence-electron chi connectivity index (χ1n) is 6.17. The van der Waals surface area contributed by atoms with Crippen molar-refractivity contribution in [2.45, 2.75) is 27.2 Å². The van der Waals surface area contributed by atoms with Crippen molar-refractivity contribution in [1.82, 2.24) is 0 Å². The molecule has 1 saturated heterocycles. The zero-order valence-electron chi connectivity index (χ0n) is 10.5. The zero-order chi connectivity index (χ0) is 11.7. The third kappa shape index (κ3) is 2.31. The van der Waals surface area contributed by atoms with Crippen molar-refractivity contribution in [3.63, 3.8) is 0 Å². The maximum atomic E-state index is 5.79. The topological polar surface area (TPSA) is 29.3 Å². The van der Waals surface area contributed by atoms with Gasteiger partial charge in [-0.3, -0.25) is 0 Å². The number of nitrogens with zero attached hydrogens (tertiary/aromatic N) is 1. The van der Waals surface area contributed by atoms with Gasteiger partial charge in [0.1, 0.15) is 0 Å². The molecule has 0 saturated carbocycles. The van der Waals surface area contributed by atoms with E-state index in [9.17, 15) is 0 Å². The first kappa shape index (κ1) is 11.3. The minimum absolute atomic E-state index is 0.792. The monoisotopic (exact) mass is 218 g/mol. The van der Waals surface area contributed by atoms with Crippen molar-refractivity contribution in [2.24, 2.45) is 11.8 Å². The summed E-state index contributed by atoms with van der Waals surface area (Å²) in [6, 6.07) is 6.24. The average Bonchev–Trinajstić information content (AvgIpc) is 2.15. The lowest BCUT2D eigenvalue weighted by Crippen LogP contribution is -2.39. The van der Waals surface area contributed by atoms with Crippen molar-refractivity contribution < 1.29 is 0 Å². The molecule has 2 rings (SSSR count). The van der Waals surface area contributed by atoms with Crippen LogP contribution in [0.25, 0.3) is 0 Å². The second-order valence-electron chi connectivity index (χ2n) is 5.40. The van der Waals surface area contributed by atoms with Crippen LogP contribution in [0.1, 0.15) is 25.8 Å². The molecular weight excluding hydrogens is 196 g/mol. The highest BCUT2D eigenvalue weighted by Crippen LogP contribution is 2.29. The van der Waals surface area contributed by atoms with Gasteiger partial charge in [0.15, 0.2) is 0 Å². The van der Waals surface area contributed by atoms with Crippen LogP contribution in [0.3, 0.4) is 0 Å². The van der Waals surface area contributed by atoms with E-state index in [4.69, 9.17) is 5.73 Å². The number of hydrogen-bond donors (Lipinski definition) is 1. The van der Waals surface area contributed by atoms with Crippen LogP contribution in [0.2, 0.25) is 0 Å². The average molecular weight is 218 g/mol. The van der Waals surface area contributed by atoms with E-state index in [0.717, 1.165) is 17.5 Å². The molecule has 2 nitrogen and oxygen atoms in total. The van der Waals surface area contributed by atoms with E-state index >= 15 is 0 Å². The van der Waals surface area contributed by atoms with Gasteiger partial charge in [0.2, 0.25) is 0 Å². The molecule has 0 radical (unpaired) electrons. The first-order valence-corrected chi connectivity index (χ1v) is 6.17. The molecule has 88 valence electrons. The van der Waals surface area contributed by atoms with E-state index < -0.39 is 0 Å². The molecule has 0 bridgehead atoms. The maximum absolute atomic E-state index is 5.79. The molecule has 1 aromatic carbocycles. The van der Waals surface area contributed by atoms with E-state index in [1.54, 1.807) is 0 Å². The van der Waals surface area contributed by atoms with Gasteiger partial charge in [0, 0.05) is 24.5 Å². The molecule has 2 atom stereocenters. The Bertz CT molecular complexity index is 363. The largest absolute Gasteiger partial charge is 0.399 e. The van der Waals surface area contributed by atoms with Gasteiger partial charge in [0.25, 0.3) is 0 Å². The van der Waals surface area contributed by atoms with E-state index in [0.29, 0.717) is 0 Å². The molecule has 0 aromatic heterocycles. The van der Waals surface area contributed by atoms with E-state index in [-0.39, 0.29) is 0 Å². The SMILES string of the molecule is Cc1cc(N)ccc1N1C[C@H](C)C[C@@H](C)C1. The fraction of sp³-hybridized carbons (Fsp3) is 0.571. The first-order chi connectivity index (χ1) is 7.56. The highest BCUT2D eigenvalue weighted by Gasteiger charge is 2.22. The van der Waals surface area contributed by atoms with E-state index in [1.165, 1.54) is 30.8 Å². The van der Waals surface area contributed by atoms with Crippen LogP contribution in [0.15, 0.2) is 18.2 Å².